The molecule has 2 aromatic rings. The number of H-pyrrole nitrogens is 1. The van der Waals surface area contributed by atoms with Crippen molar-refractivity contribution in [2.24, 2.45) is 0 Å². The van der Waals surface area contributed by atoms with Crippen LogP contribution in [0.4, 0.5) is 4.79 Å². The van der Waals surface area contributed by atoms with Gasteiger partial charge >= 0.3 is 6.03 Å². The van der Waals surface area contributed by atoms with Crippen LogP contribution in [0.5, 0.6) is 0 Å². The molecule has 0 bridgehead atoms. The van der Waals surface area contributed by atoms with Gasteiger partial charge in [-0.15, -0.1) is 0 Å². The summed E-state index contributed by atoms with van der Waals surface area (Å²) in [4.78, 5) is 22.7. The number of nitrogens with zero attached hydrogens (tertiary/aromatic N) is 2. The molecule has 5 nitrogen and oxygen atoms in total. The number of nitrogens with one attached hydrogen (secondary N) is 2. The molecular weight excluding hydrogens is 288 g/mol. The highest BCUT2D eigenvalue weighted by atomic mass is 16.2. The number of likely N-dealkylation sites (tertiary alicyclic amines) is 1. The summed E-state index contributed by atoms with van der Waals surface area (Å²) in [7, 11) is 0. The van der Waals surface area contributed by atoms with Crippen LogP contribution in [0.1, 0.15) is 56.8 Å². The maximum atomic E-state index is 12.7. The van der Waals surface area contributed by atoms with Crippen molar-refractivity contribution in [1.82, 2.24) is 20.2 Å². The predicted molar refractivity (Wildman–Crippen MR) is 90.2 cm³/mol. The number of amides is 2. The van der Waals surface area contributed by atoms with Crippen LogP contribution in [0.2, 0.25) is 0 Å². The van der Waals surface area contributed by atoms with E-state index < -0.39 is 0 Å². The van der Waals surface area contributed by atoms with Crippen LogP contribution >= 0.6 is 0 Å². The minimum absolute atomic E-state index is 0.0750. The van der Waals surface area contributed by atoms with E-state index in [9.17, 15) is 4.79 Å². The Hall–Kier alpha value is -2.04. The third-order valence-electron chi connectivity index (χ3n) is 5.17. The Morgan fingerprint density at radius 3 is 2.78 bits per heavy atom. The molecule has 1 saturated carbocycles. The molecule has 2 aliphatic rings. The zero-order valence-electron chi connectivity index (χ0n) is 13.4. The molecule has 1 aromatic heterocycles. The minimum Gasteiger partial charge on any atom is -0.340 e. The molecule has 2 amide bonds. The van der Waals surface area contributed by atoms with Gasteiger partial charge in [-0.05, 0) is 37.8 Å². The molecule has 0 radical (unpaired) electrons. The maximum absolute atomic E-state index is 12.7. The fourth-order valence-electron chi connectivity index (χ4n) is 3.93. The van der Waals surface area contributed by atoms with Crippen LogP contribution < -0.4 is 5.32 Å². The van der Waals surface area contributed by atoms with Gasteiger partial charge in [-0.1, -0.05) is 31.4 Å². The zero-order chi connectivity index (χ0) is 15.6. The van der Waals surface area contributed by atoms with Crippen LogP contribution in [0.15, 0.2) is 24.3 Å². The second-order valence-corrected chi connectivity index (χ2v) is 6.78. The van der Waals surface area contributed by atoms with E-state index >= 15 is 0 Å². The first-order valence-electron chi connectivity index (χ1n) is 8.83. The molecule has 2 heterocycles. The highest BCUT2D eigenvalue weighted by Gasteiger charge is 2.33. The molecule has 1 aliphatic carbocycles. The smallest absolute Gasteiger partial charge is 0.318 e. The summed E-state index contributed by atoms with van der Waals surface area (Å²) >= 11 is 0. The van der Waals surface area contributed by atoms with E-state index in [0.717, 1.165) is 49.1 Å². The van der Waals surface area contributed by atoms with E-state index in [0.29, 0.717) is 6.04 Å². The Bertz CT molecular complexity index is 656. The van der Waals surface area contributed by atoms with Gasteiger partial charge in [0.1, 0.15) is 5.82 Å². The van der Waals surface area contributed by atoms with E-state index in [1.807, 2.05) is 29.2 Å². The van der Waals surface area contributed by atoms with E-state index in [4.69, 9.17) is 4.98 Å². The highest BCUT2D eigenvalue weighted by molar-refractivity contribution is 5.77. The van der Waals surface area contributed by atoms with E-state index in [1.165, 1.54) is 19.3 Å². The molecule has 1 saturated heterocycles. The average Bonchev–Trinajstić information content (AvgIpc) is 3.22. The van der Waals surface area contributed by atoms with Crippen molar-refractivity contribution in [1.29, 1.82) is 0 Å². The molecule has 4 rings (SSSR count). The van der Waals surface area contributed by atoms with Crippen molar-refractivity contribution in [2.75, 3.05) is 6.54 Å². The quantitative estimate of drug-likeness (QED) is 0.887. The Kier molecular flexibility index (Phi) is 3.93. The standard InChI is InChI=1S/C18H24N4O/c23-18(19-13-7-2-1-3-8-13)22-12-6-11-16(22)17-20-14-9-4-5-10-15(14)21-17/h4-5,9-10,13,16H,1-3,6-8,11-12H2,(H,19,23)(H,20,21)/t16-/m0/s1. The summed E-state index contributed by atoms with van der Waals surface area (Å²) in [6.07, 6.45) is 8.04. The minimum atomic E-state index is 0.0750. The number of carbonyl (C=O) groups excluding carboxylic acids is 1. The van der Waals surface area contributed by atoms with Crippen molar-refractivity contribution < 1.29 is 4.79 Å². The SMILES string of the molecule is O=C(NC1CCCCC1)N1CCC[C@H]1c1nc2ccccc2[nH]1. The van der Waals surface area contributed by atoms with Crippen molar-refractivity contribution in [3.05, 3.63) is 30.1 Å². The van der Waals surface area contributed by atoms with Gasteiger partial charge in [0.05, 0.1) is 17.1 Å². The molecule has 2 fully saturated rings. The number of para-hydroxylation sites is 2. The van der Waals surface area contributed by atoms with Gasteiger partial charge in [-0.2, -0.15) is 0 Å². The van der Waals surface area contributed by atoms with E-state index in [1.54, 1.807) is 0 Å². The first kappa shape index (κ1) is 14.5. The number of carbonyl (C=O) groups is 1. The van der Waals surface area contributed by atoms with Crippen LogP contribution in [-0.2, 0) is 0 Å². The summed E-state index contributed by atoms with van der Waals surface area (Å²) in [5.41, 5.74) is 2.02. The lowest BCUT2D eigenvalue weighted by molar-refractivity contribution is 0.183. The topological polar surface area (TPSA) is 61.0 Å². The van der Waals surface area contributed by atoms with Gasteiger partial charge in [-0.3, -0.25) is 0 Å². The highest BCUT2D eigenvalue weighted by Crippen LogP contribution is 2.31. The lowest BCUT2D eigenvalue weighted by atomic mass is 9.96. The summed E-state index contributed by atoms with van der Waals surface area (Å²) in [6.45, 7) is 0.820. The first-order valence-corrected chi connectivity index (χ1v) is 8.83. The van der Waals surface area contributed by atoms with Gasteiger partial charge in [-0.25, -0.2) is 9.78 Å². The van der Waals surface area contributed by atoms with E-state index in [-0.39, 0.29) is 12.1 Å². The van der Waals surface area contributed by atoms with Crippen molar-refractivity contribution in [3.8, 4) is 0 Å². The lowest BCUT2D eigenvalue weighted by Crippen LogP contribution is -2.45. The zero-order valence-corrected chi connectivity index (χ0v) is 13.4. The lowest BCUT2D eigenvalue weighted by Gasteiger charge is -2.28. The van der Waals surface area contributed by atoms with Crippen molar-refractivity contribution in [3.63, 3.8) is 0 Å². The number of aromatic amines is 1. The summed E-state index contributed by atoms with van der Waals surface area (Å²) < 4.78 is 0. The fraction of sp³-hybridized carbons (Fsp3) is 0.556. The Labute approximate surface area is 136 Å². The number of urea groups is 1. The average molecular weight is 312 g/mol. The number of imidazole rings is 1. The molecule has 5 heteroatoms. The van der Waals surface area contributed by atoms with Crippen LogP contribution in [0, 0.1) is 0 Å². The number of benzene rings is 1. The molecule has 0 unspecified atom stereocenters. The fourth-order valence-corrected chi connectivity index (χ4v) is 3.93. The van der Waals surface area contributed by atoms with Gasteiger partial charge in [0.15, 0.2) is 0 Å². The van der Waals surface area contributed by atoms with Crippen LogP contribution in [0.3, 0.4) is 0 Å². The molecular formula is C18H24N4O. The van der Waals surface area contributed by atoms with Crippen molar-refractivity contribution in [2.45, 2.75) is 57.0 Å². The molecule has 1 aliphatic heterocycles. The van der Waals surface area contributed by atoms with Gasteiger partial charge in [0.25, 0.3) is 0 Å². The monoisotopic (exact) mass is 312 g/mol. The van der Waals surface area contributed by atoms with Gasteiger partial charge in [0, 0.05) is 12.6 Å². The first-order chi connectivity index (χ1) is 11.3. The second-order valence-electron chi connectivity index (χ2n) is 6.78. The van der Waals surface area contributed by atoms with Gasteiger partial charge in [0.2, 0.25) is 0 Å². The molecule has 1 atom stereocenters. The van der Waals surface area contributed by atoms with Gasteiger partial charge < -0.3 is 15.2 Å². The molecule has 1 aromatic carbocycles. The third kappa shape index (κ3) is 2.92. The largest absolute Gasteiger partial charge is 0.340 e. The van der Waals surface area contributed by atoms with Crippen LogP contribution in [-0.4, -0.2) is 33.5 Å². The van der Waals surface area contributed by atoms with E-state index in [2.05, 4.69) is 10.3 Å². The third-order valence-corrected chi connectivity index (χ3v) is 5.17. The number of rotatable bonds is 2. The number of hydrogen-bond acceptors (Lipinski definition) is 2. The Morgan fingerprint density at radius 2 is 1.96 bits per heavy atom. The number of hydrogen-bond donors (Lipinski definition) is 2. The molecule has 23 heavy (non-hydrogen) atoms. The summed E-state index contributed by atoms with van der Waals surface area (Å²) in [5, 5.41) is 3.24. The predicted octanol–water partition coefficient (Wildman–Crippen LogP) is 3.74. The maximum Gasteiger partial charge on any atom is 0.318 e. The van der Waals surface area contributed by atoms with Crippen molar-refractivity contribution >= 4 is 17.1 Å². The molecule has 2 N–H and O–H groups in total. The summed E-state index contributed by atoms with van der Waals surface area (Å²) in [6, 6.07) is 8.56. The summed E-state index contributed by atoms with van der Waals surface area (Å²) in [5.74, 6) is 0.919. The normalized spacial score (nSPS) is 22.6. The second kappa shape index (κ2) is 6.22. The van der Waals surface area contributed by atoms with Crippen LogP contribution in [0.25, 0.3) is 11.0 Å². The molecule has 0 spiro atoms. The number of fused-ring (bicyclic) bond motifs is 1. The Balaban J connectivity index is 1.50. The number of aromatic nitrogens is 2. The molecule has 122 valence electrons. The Morgan fingerprint density at radius 1 is 1.13 bits per heavy atom.